The molecule has 1 aliphatic rings. The van der Waals surface area contributed by atoms with Gasteiger partial charge < -0.3 is 16.8 Å². The molecule has 0 radical (unpaired) electrons. The zero-order chi connectivity index (χ0) is 13.8. The summed E-state index contributed by atoms with van der Waals surface area (Å²) in [6.07, 6.45) is 3.88. The second kappa shape index (κ2) is 5.84. The number of nitrogens with one attached hydrogen (secondary N) is 1. The fourth-order valence-corrected chi connectivity index (χ4v) is 2.44. The molecular formula is C14H19N3O2. The topological polar surface area (TPSA) is 98.2 Å². The van der Waals surface area contributed by atoms with Crippen molar-refractivity contribution in [1.29, 1.82) is 0 Å². The fourth-order valence-electron chi connectivity index (χ4n) is 2.44. The summed E-state index contributed by atoms with van der Waals surface area (Å²) in [7, 11) is 0. The van der Waals surface area contributed by atoms with Crippen LogP contribution in [0, 0.1) is 5.92 Å². The van der Waals surface area contributed by atoms with E-state index < -0.39 is 5.91 Å². The van der Waals surface area contributed by atoms with Crippen LogP contribution in [0.4, 0.5) is 5.69 Å². The molecule has 2 atom stereocenters. The van der Waals surface area contributed by atoms with Crippen molar-refractivity contribution in [1.82, 2.24) is 0 Å². The molecule has 0 heterocycles. The van der Waals surface area contributed by atoms with E-state index in [0.717, 1.165) is 25.7 Å². The molecule has 5 N–H and O–H groups in total. The third-order valence-corrected chi connectivity index (χ3v) is 3.59. The minimum Gasteiger partial charge on any atom is -0.366 e. The van der Waals surface area contributed by atoms with Crippen LogP contribution < -0.4 is 16.8 Å². The molecule has 5 heteroatoms. The second-order valence-electron chi connectivity index (χ2n) is 4.99. The van der Waals surface area contributed by atoms with Crippen LogP contribution in [0.3, 0.4) is 0 Å². The molecular weight excluding hydrogens is 242 g/mol. The Balaban J connectivity index is 2.00. The first-order valence-electron chi connectivity index (χ1n) is 6.54. The van der Waals surface area contributed by atoms with E-state index in [0.29, 0.717) is 11.3 Å². The summed E-state index contributed by atoms with van der Waals surface area (Å²) in [4.78, 5) is 23.1. The molecule has 0 bridgehead atoms. The van der Waals surface area contributed by atoms with Crippen LogP contribution in [0.15, 0.2) is 24.3 Å². The molecule has 2 amide bonds. The van der Waals surface area contributed by atoms with E-state index in [1.807, 2.05) is 0 Å². The SMILES string of the molecule is NC(=O)c1ccc(NC(=O)C2CCCCC2N)cc1. The van der Waals surface area contributed by atoms with E-state index in [4.69, 9.17) is 11.5 Å². The Kier molecular flexibility index (Phi) is 4.16. The number of carbonyl (C=O) groups excluding carboxylic acids is 2. The summed E-state index contributed by atoms with van der Waals surface area (Å²) in [5.74, 6) is -0.643. The van der Waals surface area contributed by atoms with Crippen LogP contribution in [-0.2, 0) is 4.79 Å². The van der Waals surface area contributed by atoms with Crippen molar-refractivity contribution in [3.63, 3.8) is 0 Å². The normalized spacial score (nSPS) is 22.8. The summed E-state index contributed by atoms with van der Waals surface area (Å²) >= 11 is 0. The highest BCUT2D eigenvalue weighted by molar-refractivity contribution is 5.95. The van der Waals surface area contributed by atoms with Crippen molar-refractivity contribution >= 4 is 17.5 Å². The highest BCUT2D eigenvalue weighted by atomic mass is 16.2. The monoisotopic (exact) mass is 261 g/mol. The number of amides is 2. The average molecular weight is 261 g/mol. The molecule has 2 unspecified atom stereocenters. The average Bonchev–Trinajstić information content (AvgIpc) is 2.39. The highest BCUT2D eigenvalue weighted by Crippen LogP contribution is 2.24. The van der Waals surface area contributed by atoms with E-state index >= 15 is 0 Å². The van der Waals surface area contributed by atoms with Crippen LogP contribution >= 0.6 is 0 Å². The lowest BCUT2D eigenvalue weighted by Gasteiger charge is -2.27. The van der Waals surface area contributed by atoms with Gasteiger partial charge >= 0.3 is 0 Å². The minimum absolute atomic E-state index is 0.0426. The molecule has 1 aliphatic carbocycles. The van der Waals surface area contributed by atoms with Gasteiger partial charge in [-0.25, -0.2) is 0 Å². The minimum atomic E-state index is -0.479. The third-order valence-electron chi connectivity index (χ3n) is 3.59. The van der Waals surface area contributed by atoms with E-state index in [1.54, 1.807) is 24.3 Å². The molecule has 0 aromatic heterocycles. The van der Waals surface area contributed by atoms with Crippen LogP contribution in [-0.4, -0.2) is 17.9 Å². The Morgan fingerprint density at radius 1 is 1.11 bits per heavy atom. The number of primary amides is 1. The summed E-state index contributed by atoms with van der Waals surface area (Å²) in [5.41, 5.74) is 12.2. The number of hydrogen-bond donors (Lipinski definition) is 3. The lowest BCUT2D eigenvalue weighted by molar-refractivity contribution is -0.121. The van der Waals surface area contributed by atoms with Crippen molar-refractivity contribution in [2.45, 2.75) is 31.7 Å². The van der Waals surface area contributed by atoms with E-state index in [-0.39, 0.29) is 17.9 Å². The first-order chi connectivity index (χ1) is 9.08. The van der Waals surface area contributed by atoms with Crippen molar-refractivity contribution in [2.24, 2.45) is 17.4 Å². The van der Waals surface area contributed by atoms with Crippen LogP contribution in [0.2, 0.25) is 0 Å². The highest BCUT2D eigenvalue weighted by Gasteiger charge is 2.28. The van der Waals surface area contributed by atoms with Gasteiger partial charge in [0, 0.05) is 17.3 Å². The van der Waals surface area contributed by atoms with Crippen LogP contribution in [0.1, 0.15) is 36.0 Å². The summed E-state index contributed by atoms with van der Waals surface area (Å²) < 4.78 is 0. The number of carbonyl (C=O) groups is 2. The predicted molar refractivity (Wildman–Crippen MR) is 73.5 cm³/mol. The van der Waals surface area contributed by atoms with E-state index in [2.05, 4.69) is 5.32 Å². The molecule has 0 aliphatic heterocycles. The maximum atomic E-state index is 12.1. The Hall–Kier alpha value is -1.88. The van der Waals surface area contributed by atoms with E-state index in [9.17, 15) is 9.59 Å². The summed E-state index contributed by atoms with van der Waals surface area (Å²) in [5, 5.41) is 2.84. The molecule has 1 saturated carbocycles. The predicted octanol–water partition coefficient (Wildman–Crippen LogP) is 1.24. The first-order valence-corrected chi connectivity index (χ1v) is 6.54. The van der Waals surface area contributed by atoms with Gasteiger partial charge in [-0.1, -0.05) is 12.8 Å². The van der Waals surface area contributed by atoms with Crippen LogP contribution in [0.5, 0.6) is 0 Å². The van der Waals surface area contributed by atoms with Gasteiger partial charge in [0.25, 0.3) is 0 Å². The lowest BCUT2D eigenvalue weighted by Crippen LogP contribution is -2.40. The zero-order valence-corrected chi connectivity index (χ0v) is 10.8. The smallest absolute Gasteiger partial charge is 0.248 e. The zero-order valence-electron chi connectivity index (χ0n) is 10.8. The van der Waals surface area contributed by atoms with Gasteiger partial charge in [-0.2, -0.15) is 0 Å². The molecule has 19 heavy (non-hydrogen) atoms. The van der Waals surface area contributed by atoms with Gasteiger partial charge in [0.1, 0.15) is 0 Å². The molecule has 5 nitrogen and oxygen atoms in total. The standard InChI is InChI=1S/C14H19N3O2/c15-12-4-2-1-3-11(12)14(19)17-10-7-5-9(6-8-10)13(16)18/h5-8,11-12H,1-4,15H2,(H2,16,18)(H,17,19). The van der Waals surface area contributed by atoms with Gasteiger partial charge in [0.05, 0.1) is 5.92 Å². The molecule has 102 valence electrons. The number of anilines is 1. The third kappa shape index (κ3) is 3.32. The van der Waals surface area contributed by atoms with Gasteiger partial charge in [-0.05, 0) is 37.1 Å². The number of hydrogen-bond acceptors (Lipinski definition) is 3. The van der Waals surface area contributed by atoms with Gasteiger partial charge in [-0.3, -0.25) is 9.59 Å². The van der Waals surface area contributed by atoms with E-state index in [1.165, 1.54) is 0 Å². The maximum Gasteiger partial charge on any atom is 0.248 e. The second-order valence-corrected chi connectivity index (χ2v) is 4.99. The Morgan fingerprint density at radius 3 is 2.32 bits per heavy atom. The molecule has 1 aromatic carbocycles. The molecule has 0 spiro atoms. The Labute approximate surface area is 112 Å². The first kappa shape index (κ1) is 13.5. The number of nitrogens with two attached hydrogens (primary N) is 2. The van der Waals surface area contributed by atoms with Crippen LogP contribution in [0.25, 0.3) is 0 Å². The summed E-state index contributed by atoms with van der Waals surface area (Å²) in [6.45, 7) is 0. The van der Waals surface area contributed by atoms with Gasteiger partial charge in [0.15, 0.2) is 0 Å². The quantitative estimate of drug-likeness (QED) is 0.763. The lowest BCUT2D eigenvalue weighted by atomic mass is 9.84. The maximum absolute atomic E-state index is 12.1. The number of rotatable bonds is 3. The number of benzene rings is 1. The Morgan fingerprint density at radius 2 is 1.74 bits per heavy atom. The molecule has 1 fully saturated rings. The molecule has 1 aromatic rings. The Bertz CT molecular complexity index is 470. The van der Waals surface area contributed by atoms with Crippen molar-refractivity contribution in [3.8, 4) is 0 Å². The van der Waals surface area contributed by atoms with Crippen molar-refractivity contribution in [3.05, 3.63) is 29.8 Å². The van der Waals surface area contributed by atoms with Gasteiger partial charge in [-0.15, -0.1) is 0 Å². The molecule has 2 rings (SSSR count). The fraction of sp³-hybridized carbons (Fsp3) is 0.429. The van der Waals surface area contributed by atoms with Crippen molar-refractivity contribution in [2.75, 3.05) is 5.32 Å². The van der Waals surface area contributed by atoms with Gasteiger partial charge in [0.2, 0.25) is 11.8 Å². The van der Waals surface area contributed by atoms with Crippen molar-refractivity contribution < 1.29 is 9.59 Å². The molecule has 0 saturated heterocycles. The summed E-state index contributed by atoms with van der Waals surface area (Å²) in [6, 6.07) is 6.48. The largest absolute Gasteiger partial charge is 0.366 e.